The number of benzene rings is 1. The first-order valence-corrected chi connectivity index (χ1v) is 10.5. The van der Waals surface area contributed by atoms with Crippen LogP contribution in [0.4, 0.5) is 0 Å². The number of hydrogen-bond acceptors (Lipinski definition) is 4. The molecule has 0 unspecified atom stereocenters. The number of carbonyl (C=O) groups is 2. The van der Waals surface area contributed by atoms with E-state index < -0.39 is 0 Å². The molecule has 0 bridgehead atoms. The van der Waals surface area contributed by atoms with Crippen LogP contribution in [-0.2, 0) is 14.3 Å². The van der Waals surface area contributed by atoms with Gasteiger partial charge in [-0.05, 0) is 55.9 Å². The second-order valence-corrected chi connectivity index (χ2v) is 8.53. The van der Waals surface area contributed by atoms with E-state index in [1.165, 1.54) is 21.6 Å². The van der Waals surface area contributed by atoms with E-state index in [9.17, 15) is 14.7 Å². The first kappa shape index (κ1) is 19.9. The zero-order valence-corrected chi connectivity index (χ0v) is 17.4. The first-order valence-electron chi connectivity index (χ1n) is 10.5. The number of carbonyl (C=O) groups excluding carboxylic acids is 2. The molecular formula is C24H29NO4. The largest absolute Gasteiger partial charge is 0.508 e. The van der Waals surface area contributed by atoms with E-state index in [1.54, 1.807) is 19.2 Å². The molecule has 0 aromatic heterocycles. The summed E-state index contributed by atoms with van der Waals surface area (Å²) in [5.74, 6) is -0.221. The highest BCUT2D eigenvalue weighted by Crippen LogP contribution is 2.49. The van der Waals surface area contributed by atoms with Crippen LogP contribution in [0, 0.1) is 17.8 Å². The maximum atomic E-state index is 12.6. The smallest absolute Gasteiger partial charge is 0.233 e. The Hall–Kier alpha value is -2.40. The molecule has 5 heteroatoms. The van der Waals surface area contributed by atoms with Crippen LogP contribution in [0.2, 0.25) is 0 Å². The zero-order chi connectivity index (χ0) is 20.7. The second-order valence-electron chi connectivity index (χ2n) is 8.53. The van der Waals surface area contributed by atoms with Gasteiger partial charge in [0, 0.05) is 13.0 Å². The molecule has 0 spiro atoms. The number of nitrogens with zero attached hydrogens (tertiary/aromatic N) is 1. The maximum Gasteiger partial charge on any atom is 0.233 e. The SMILES string of the molecule is CC/C(=C\c1cccc(O)c1)CC[C@H]1OC[C@H]2C1=C(C)C[C@H]1C(=O)N(C)C(=O)[C@H]12. The third-order valence-corrected chi connectivity index (χ3v) is 6.80. The van der Waals surface area contributed by atoms with E-state index in [0.717, 1.165) is 24.8 Å². The molecule has 4 atom stereocenters. The van der Waals surface area contributed by atoms with Crippen molar-refractivity contribution in [3.63, 3.8) is 0 Å². The number of imide groups is 1. The standard InChI is InChI=1S/C24H29NO4/c1-4-15(11-16-6-5-7-17(26)12-16)8-9-20-21-14(2)10-18-22(19(21)13-29-20)24(28)25(3)23(18)27/h5-7,11-12,18-20,22,26H,4,8-10,13H2,1-3H3/b15-11+/t18-,19+,20-,22-/m1/s1. The molecule has 2 aliphatic heterocycles. The molecule has 1 aromatic carbocycles. The molecule has 1 aromatic rings. The van der Waals surface area contributed by atoms with Crippen molar-refractivity contribution < 1.29 is 19.4 Å². The normalized spacial score (nSPS) is 29.5. The zero-order valence-electron chi connectivity index (χ0n) is 17.4. The van der Waals surface area contributed by atoms with Crippen LogP contribution in [0.3, 0.4) is 0 Å². The molecule has 1 N–H and O–H groups in total. The van der Waals surface area contributed by atoms with Crippen molar-refractivity contribution in [1.82, 2.24) is 4.90 Å². The van der Waals surface area contributed by atoms with Gasteiger partial charge in [-0.1, -0.05) is 36.3 Å². The fraction of sp³-hybridized carbons (Fsp3) is 0.500. The van der Waals surface area contributed by atoms with Crippen molar-refractivity contribution in [1.29, 1.82) is 0 Å². The summed E-state index contributed by atoms with van der Waals surface area (Å²) in [5, 5.41) is 9.68. The summed E-state index contributed by atoms with van der Waals surface area (Å²) >= 11 is 0. The summed E-state index contributed by atoms with van der Waals surface area (Å²) in [6.45, 7) is 4.77. The quantitative estimate of drug-likeness (QED) is 0.606. The highest BCUT2D eigenvalue weighted by atomic mass is 16.5. The Morgan fingerprint density at radius 3 is 2.79 bits per heavy atom. The Balaban J connectivity index is 1.50. The van der Waals surface area contributed by atoms with E-state index in [0.29, 0.717) is 13.0 Å². The van der Waals surface area contributed by atoms with Gasteiger partial charge in [0.2, 0.25) is 11.8 Å². The van der Waals surface area contributed by atoms with Gasteiger partial charge < -0.3 is 9.84 Å². The molecule has 1 aliphatic carbocycles. The summed E-state index contributed by atoms with van der Waals surface area (Å²) < 4.78 is 6.15. The van der Waals surface area contributed by atoms with Crippen LogP contribution < -0.4 is 0 Å². The fourth-order valence-corrected chi connectivity index (χ4v) is 5.30. The monoisotopic (exact) mass is 395 g/mol. The van der Waals surface area contributed by atoms with Crippen molar-refractivity contribution >= 4 is 17.9 Å². The van der Waals surface area contributed by atoms with Gasteiger partial charge in [0.05, 0.1) is 24.5 Å². The molecule has 3 aliphatic rings. The summed E-state index contributed by atoms with van der Waals surface area (Å²) in [7, 11) is 1.60. The highest BCUT2D eigenvalue weighted by Gasteiger charge is 2.55. The molecule has 0 saturated carbocycles. The van der Waals surface area contributed by atoms with Crippen molar-refractivity contribution in [2.24, 2.45) is 17.8 Å². The Labute approximate surface area is 172 Å². The third kappa shape index (κ3) is 3.52. The molecular weight excluding hydrogens is 366 g/mol. The van der Waals surface area contributed by atoms with E-state index in [4.69, 9.17) is 4.74 Å². The number of allylic oxidation sites excluding steroid dienone is 2. The number of hydrogen-bond donors (Lipinski definition) is 1. The van der Waals surface area contributed by atoms with Gasteiger partial charge >= 0.3 is 0 Å². The molecule has 5 nitrogen and oxygen atoms in total. The number of aromatic hydroxyl groups is 1. The van der Waals surface area contributed by atoms with Crippen LogP contribution in [0.5, 0.6) is 5.75 Å². The maximum absolute atomic E-state index is 12.6. The molecule has 0 radical (unpaired) electrons. The van der Waals surface area contributed by atoms with Crippen LogP contribution >= 0.6 is 0 Å². The summed E-state index contributed by atoms with van der Waals surface area (Å²) in [6, 6.07) is 7.28. The van der Waals surface area contributed by atoms with Crippen molar-refractivity contribution in [3.05, 3.63) is 46.5 Å². The Kier molecular flexibility index (Phi) is 5.34. The minimum absolute atomic E-state index is 0.0221. The number of rotatable bonds is 5. The molecule has 154 valence electrons. The molecule has 2 saturated heterocycles. The van der Waals surface area contributed by atoms with Crippen molar-refractivity contribution in [2.45, 2.75) is 45.6 Å². The summed E-state index contributed by atoms with van der Waals surface area (Å²) in [6.07, 6.45) is 5.54. The number of phenolic OH excluding ortho intramolecular Hbond substituents is 1. The second kappa shape index (κ2) is 7.79. The molecule has 29 heavy (non-hydrogen) atoms. The predicted octanol–water partition coefficient (Wildman–Crippen LogP) is 3.93. The van der Waals surface area contributed by atoms with E-state index >= 15 is 0 Å². The average molecular weight is 395 g/mol. The Morgan fingerprint density at radius 2 is 2.07 bits per heavy atom. The van der Waals surface area contributed by atoms with E-state index in [1.807, 2.05) is 12.1 Å². The van der Waals surface area contributed by atoms with Crippen molar-refractivity contribution in [3.8, 4) is 5.75 Å². The highest BCUT2D eigenvalue weighted by molar-refractivity contribution is 6.05. The number of ether oxygens (including phenoxy) is 1. The first-order chi connectivity index (χ1) is 13.9. The van der Waals surface area contributed by atoms with E-state index in [2.05, 4.69) is 19.9 Å². The molecule has 4 rings (SSSR count). The molecule has 2 amide bonds. The number of likely N-dealkylation sites (tertiary alicyclic amines) is 1. The third-order valence-electron chi connectivity index (χ3n) is 6.80. The lowest BCUT2D eigenvalue weighted by Gasteiger charge is -2.30. The summed E-state index contributed by atoms with van der Waals surface area (Å²) in [5.41, 5.74) is 4.79. The Morgan fingerprint density at radius 1 is 1.28 bits per heavy atom. The number of amides is 2. The number of phenols is 1. The van der Waals surface area contributed by atoms with Gasteiger partial charge in [0.25, 0.3) is 0 Å². The number of fused-ring (bicyclic) bond motifs is 3. The average Bonchev–Trinajstić information content (AvgIpc) is 3.21. The minimum atomic E-state index is -0.246. The van der Waals surface area contributed by atoms with Gasteiger partial charge in [-0.3, -0.25) is 14.5 Å². The van der Waals surface area contributed by atoms with Crippen LogP contribution in [0.25, 0.3) is 6.08 Å². The lowest BCUT2D eigenvalue weighted by atomic mass is 9.70. The van der Waals surface area contributed by atoms with Gasteiger partial charge in [0.15, 0.2) is 0 Å². The van der Waals surface area contributed by atoms with Crippen LogP contribution in [-0.4, -0.2) is 41.6 Å². The van der Waals surface area contributed by atoms with Gasteiger partial charge in [-0.25, -0.2) is 0 Å². The fourth-order valence-electron chi connectivity index (χ4n) is 5.30. The minimum Gasteiger partial charge on any atom is -0.508 e. The van der Waals surface area contributed by atoms with Gasteiger partial charge in [-0.2, -0.15) is 0 Å². The Bertz CT molecular complexity index is 900. The predicted molar refractivity (Wildman–Crippen MR) is 111 cm³/mol. The van der Waals surface area contributed by atoms with Gasteiger partial charge in [-0.15, -0.1) is 0 Å². The van der Waals surface area contributed by atoms with Gasteiger partial charge in [0.1, 0.15) is 5.75 Å². The van der Waals surface area contributed by atoms with Crippen molar-refractivity contribution in [2.75, 3.05) is 13.7 Å². The topological polar surface area (TPSA) is 66.8 Å². The summed E-state index contributed by atoms with van der Waals surface area (Å²) in [4.78, 5) is 26.4. The van der Waals surface area contributed by atoms with E-state index in [-0.39, 0.29) is 41.4 Å². The van der Waals surface area contributed by atoms with Crippen LogP contribution in [0.1, 0.15) is 45.1 Å². The lowest BCUT2D eigenvalue weighted by molar-refractivity contribution is -0.138. The lowest BCUT2D eigenvalue weighted by Crippen LogP contribution is -2.33. The molecule has 2 fully saturated rings. The van der Waals surface area contributed by atoms with Crippen LogP contribution in [0.15, 0.2) is 41.0 Å². The molecule has 2 heterocycles.